The Bertz CT molecular complexity index is 304. The van der Waals surface area contributed by atoms with Gasteiger partial charge in [-0.1, -0.05) is 18.2 Å². The molecular weight excluding hydrogens is 154 g/mol. The van der Waals surface area contributed by atoms with E-state index in [0.717, 1.165) is 0 Å². The number of ether oxygens (including phenoxy) is 1. The molecule has 0 amide bonds. The molecule has 3 nitrogen and oxygen atoms in total. The van der Waals surface area contributed by atoms with Crippen molar-refractivity contribution in [2.75, 3.05) is 7.11 Å². The molecule has 1 N–H and O–H groups in total. The molecule has 0 saturated heterocycles. The van der Waals surface area contributed by atoms with Gasteiger partial charge in [0.05, 0.1) is 13.2 Å². The van der Waals surface area contributed by atoms with Crippen molar-refractivity contribution >= 4 is 0 Å². The largest absolute Gasteiger partial charge is 0.496 e. The van der Waals surface area contributed by atoms with E-state index in [-0.39, 0.29) is 0 Å². The molecule has 12 heavy (non-hydrogen) atoms. The smallest absolute Gasteiger partial charge is 0.169 e. The van der Waals surface area contributed by atoms with Crippen LogP contribution in [0.5, 0.6) is 5.75 Å². The van der Waals surface area contributed by atoms with Gasteiger partial charge in [0.2, 0.25) is 0 Å². The summed E-state index contributed by atoms with van der Waals surface area (Å²) in [4.78, 5) is 0. The lowest BCUT2D eigenvalue weighted by atomic mass is 10.1. The topological polar surface area (TPSA) is 53.2 Å². The number of aliphatic hydroxyl groups is 1. The van der Waals surface area contributed by atoms with Gasteiger partial charge in [-0.2, -0.15) is 5.26 Å². The Hall–Kier alpha value is -1.53. The van der Waals surface area contributed by atoms with Crippen LogP contribution in [0.25, 0.3) is 0 Å². The number of rotatable bonds is 2. The van der Waals surface area contributed by atoms with Crippen LogP contribution >= 0.6 is 0 Å². The number of para-hydroxylation sites is 1. The second kappa shape index (κ2) is 3.74. The van der Waals surface area contributed by atoms with Gasteiger partial charge in [-0.25, -0.2) is 0 Å². The van der Waals surface area contributed by atoms with Crippen molar-refractivity contribution in [2.24, 2.45) is 0 Å². The first kappa shape index (κ1) is 8.57. The normalized spacial score (nSPS) is 11.8. The molecule has 0 aromatic heterocycles. The summed E-state index contributed by atoms with van der Waals surface area (Å²) in [6.07, 6.45) is -1.11. The zero-order valence-electron chi connectivity index (χ0n) is 6.69. The average molecular weight is 163 g/mol. The van der Waals surface area contributed by atoms with Crippen LogP contribution in [-0.4, -0.2) is 12.2 Å². The van der Waals surface area contributed by atoms with Gasteiger partial charge < -0.3 is 9.84 Å². The summed E-state index contributed by atoms with van der Waals surface area (Å²) >= 11 is 0. The highest BCUT2D eigenvalue weighted by atomic mass is 16.5. The van der Waals surface area contributed by atoms with Gasteiger partial charge in [0, 0.05) is 5.56 Å². The van der Waals surface area contributed by atoms with Gasteiger partial charge in [0.25, 0.3) is 0 Å². The number of hydrogen-bond donors (Lipinski definition) is 1. The van der Waals surface area contributed by atoms with Crippen molar-refractivity contribution in [1.82, 2.24) is 0 Å². The van der Waals surface area contributed by atoms with Gasteiger partial charge in [0.1, 0.15) is 5.75 Å². The fourth-order valence-electron chi connectivity index (χ4n) is 0.962. The first-order valence-corrected chi connectivity index (χ1v) is 3.50. The van der Waals surface area contributed by atoms with Crippen LogP contribution in [0, 0.1) is 11.3 Å². The molecule has 0 fully saturated rings. The Balaban J connectivity index is 3.06. The molecule has 62 valence electrons. The summed E-state index contributed by atoms with van der Waals surface area (Å²) < 4.78 is 4.96. The first-order chi connectivity index (χ1) is 5.79. The Kier molecular flexibility index (Phi) is 2.67. The molecular formula is C9H9NO2. The lowest BCUT2D eigenvalue weighted by molar-refractivity contribution is 0.230. The van der Waals surface area contributed by atoms with Crippen LogP contribution in [0.1, 0.15) is 11.7 Å². The van der Waals surface area contributed by atoms with E-state index >= 15 is 0 Å². The van der Waals surface area contributed by atoms with Crippen molar-refractivity contribution in [3.8, 4) is 11.8 Å². The van der Waals surface area contributed by atoms with Crippen LogP contribution in [0.2, 0.25) is 0 Å². The highest BCUT2D eigenvalue weighted by molar-refractivity contribution is 5.37. The van der Waals surface area contributed by atoms with Crippen LogP contribution in [-0.2, 0) is 0 Å². The zero-order valence-corrected chi connectivity index (χ0v) is 6.69. The number of aliphatic hydroxyl groups excluding tert-OH is 1. The maximum atomic E-state index is 9.20. The van der Waals surface area contributed by atoms with E-state index in [1.165, 1.54) is 7.11 Å². The third-order valence-corrected chi connectivity index (χ3v) is 1.56. The Morgan fingerprint density at radius 1 is 1.50 bits per heavy atom. The van der Waals surface area contributed by atoms with E-state index in [1.807, 2.05) is 0 Å². The molecule has 0 spiro atoms. The summed E-state index contributed by atoms with van der Waals surface area (Å²) in [5.41, 5.74) is 0.502. The quantitative estimate of drug-likeness (QED) is 0.667. The minimum Gasteiger partial charge on any atom is -0.496 e. The third kappa shape index (κ3) is 1.55. The van der Waals surface area contributed by atoms with Crippen LogP contribution in [0.3, 0.4) is 0 Å². The van der Waals surface area contributed by atoms with E-state index in [9.17, 15) is 5.11 Å². The molecule has 1 aromatic rings. The maximum absolute atomic E-state index is 9.20. The van der Waals surface area contributed by atoms with Gasteiger partial charge in [-0.05, 0) is 6.07 Å². The summed E-state index contributed by atoms with van der Waals surface area (Å²) in [7, 11) is 1.50. The molecule has 0 saturated carbocycles. The molecule has 0 radical (unpaired) electrons. The molecule has 0 heterocycles. The summed E-state index contributed by atoms with van der Waals surface area (Å²) in [5.74, 6) is 0.534. The Morgan fingerprint density at radius 3 is 2.75 bits per heavy atom. The lowest BCUT2D eigenvalue weighted by Gasteiger charge is -2.07. The SMILES string of the molecule is COc1ccccc1[C@H](O)C#N. The number of nitriles is 1. The minimum atomic E-state index is -1.11. The fourth-order valence-corrected chi connectivity index (χ4v) is 0.962. The van der Waals surface area contributed by atoms with Gasteiger partial charge in [0.15, 0.2) is 6.10 Å². The molecule has 0 aliphatic rings. The summed E-state index contributed by atoms with van der Waals surface area (Å²) in [6.45, 7) is 0. The predicted octanol–water partition coefficient (Wildman–Crippen LogP) is 1.25. The second-order valence-electron chi connectivity index (χ2n) is 2.27. The van der Waals surface area contributed by atoms with Crippen molar-refractivity contribution in [3.63, 3.8) is 0 Å². The van der Waals surface area contributed by atoms with E-state index < -0.39 is 6.10 Å². The average Bonchev–Trinajstić information content (AvgIpc) is 2.16. The highest BCUT2D eigenvalue weighted by Gasteiger charge is 2.10. The van der Waals surface area contributed by atoms with E-state index in [1.54, 1.807) is 30.3 Å². The lowest BCUT2D eigenvalue weighted by Crippen LogP contribution is -1.96. The first-order valence-electron chi connectivity index (χ1n) is 3.50. The molecule has 3 heteroatoms. The van der Waals surface area contributed by atoms with Crippen LogP contribution in [0.15, 0.2) is 24.3 Å². The van der Waals surface area contributed by atoms with Crippen molar-refractivity contribution in [3.05, 3.63) is 29.8 Å². The predicted molar refractivity (Wildman–Crippen MR) is 43.6 cm³/mol. The highest BCUT2D eigenvalue weighted by Crippen LogP contribution is 2.23. The molecule has 1 rings (SSSR count). The van der Waals surface area contributed by atoms with Gasteiger partial charge in [-0.3, -0.25) is 0 Å². The molecule has 0 aliphatic carbocycles. The molecule has 0 bridgehead atoms. The Morgan fingerprint density at radius 2 is 2.17 bits per heavy atom. The number of benzene rings is 1. The van der Waals surface area contributed by atoms with E-state index in [4.69, 9.17) is 10.00 Å². The maximum Gasteiger partial charge on any atom is 0.169 e. The van der Waals surface area contributed by atoms with Gasteiger partial charge >= 0.3 is 0 Å². The summed E-state index contributed by atoms with van der Waals surface area (Å²) in [5, 5.41) is 17.7. The monoisotopic (exact) mass is 163 g/mol. The molecule has 0 aliphatic heterocycles. The summed E-state index contributed by atoms with van der Waals surface area (Å²) in [6, 6.07) is 8.63. The van der Waals surface area contributed by atoms with Gasteiger partial charge in [-0.15, -0.1) is 0 Å². The number of methoxy groups -OCH3 is 1. The second-order valence-corrected chi connectivity index (χ2v) is 2.27. The van der Waals surface area contributed by atoms with Crippen LogP contribution < -0.4 is 4.74 Å². The third-order valence-electron chi connectivity index (χ3n) is 1.56. The molecule has 1 atom stereocenters. The number of nitrogens with zero attached hydrogens (tertiary/aromatic N) is 1. The van der Waals surface area contributed by atoms with Crippen molar-refractivity contribution in [1.29, 1.82) is 5.26 Å². The fraction of sp³-hybridized carbons (Fsp3) is 0.222. The minimum absolute atomic E-state index is 0.502. The Labute approximate surface area is 70.8 Å². The van der Waals surface area contributed by atoms with Crippen molar-refractivity contribution < 1.29 is 9.84 Å². The van der Waals surface area contributed by atoms with Crippen LogP contribution in [0.4, 0.5) is 0 Å². The zero-order chi connectivity index (χ0) is 8.97. The van der Waals surface area contributed by atoms with Crippen molar-refractivity contribution in [2.45, 2.75) is 6.10 Å². The standard InChI is InChI=1S/C9H9NO2/c1-12-9-5-3-2-4-7(9)8(11)6-10/h2-5,8,11H,1H3/t8-/m1/s1. The van der Waals surface area contributed by atoms with E-state index in [2.05, 4.69) is 0 Å². The molecule has 0 unspecified atom stereocenters. The van der Waals surface area contributed by atoms with E-state index in [0.29, 0.717) is 11.3 Å². The number of hydrogen-bond acceptors (Lipinski definition) is 3. The molecule has 1 aromatic carbocycles.